The standard InChI is InChI=1S/C15H15BFNO3/c1-9-4-3-5-10(2)14(9)18-15(19)12-7-6-11(16(20)21)8-13(12)17/h3-8,20-21H,1-2H3,(H,18,19). The number of halogens is 1. The van der Waals surface area contributed by atoms with E-state index in [2.05, 4.69) is 5.32 Å². The minimum absolute atomic E-state index is 0.00359. The van der Waals surface area contributed by atoms with E-state index in [0.29, 0.717) is 5.69 Å². The maximum Gasteiger partial charge on any atom is 0.488 e. The molecule has 0 radical (unpaired) electrons. The molecule has 0 atom stereocenters. The molecule has 6 heteroatoms. The Hall–Kier alpha value is -2.18. The van der Waals surface area contributed by atoms with Crippen LogP contribution in [-0.2, 0) is 0 Å². The first kappa shape index (κ1) is 15.2. The van der Waals surface area contributed by atoms with Gasteiger partial charge in [-0.2, -0.15) is 0 Å². The van der Waals surface area contributed by atoms with Crippen LogP contribution >= 0.6 is 0 Å². The molecule has 2 aromatic rings. The highest BCUT2D eigenvalue weighted by molar-refractivity contribution is 6.58. The van der Waals surface area contributed by atoms with E-state index >= 15 is 0 Å². The van der Waals surface area contributed by atoms with Crippen molar-refractivity contribution < 1.29 is 19.2 Å². The summed E-state index contributed by atoms with van der Waals surface area (Å²) in [4.78, 5) is 12.1. The van der Waals surface area contributed by atoms with Gasteiger partial charge in [-0.1, -0.05) is 24.3 Å². The van der Waals surface area contributed by atoms with Gasteiger partial charge >= 0.3 is 7.12 Å². The van der Waals surface area contributed by atoms with E-state index in [1.54, 1.807) is 0 Å². The second kappa shape index (κ2) is 6.07. The number of hydrogen-bond donors (Lipinski definition) is 3. The first-order valence-electron chi connectivity index (χ1n) is 6.43. The molecule has 0 heterocycles. The first-order valence-corrected chi connectivity index (χ1v) is 6.43. The van der Waals surface area contributed by atoms with Gasteiger partial charge in [0.1, 0.15) is 5.82 Å². The third-order valence-electron chi connectivity index (χ3n) is 3.26. The summed E-state index contributed by atoms with van der Waals surface area (Å²) in [6, 6.07) is 9.04. The van der Waals surface area contributed by atoms with Crippen LogP contribution in [0.1, 0.15) is 21.5 Å². The summed E-state index contributed by atoms with van der Waals surface area (Å²) in [6.07, 6.45) is 0. The smallest absolute Gasteiger partial charge is 0.423 e. The quantitative estimate of drug-likeness (QED) is 0.747. The van der Waals surface area contributed by atoms with Gasteiger partial charge in [-0.25, -0.2) is 4.39 Å². The summed E-state index contributed by atoms with van der Waals surface area (Å²) < 4.78 is 13.9. The summed E-state index contributed by atoms with van der Waals surface area (Å²) in [5, 5.41) is 20.6. The van der Waals surface area contributed by atoms with Crippen LogP contribution in [0.5, 0.6) is 0 Å². The van der Waals surface area contributed by atoms with Crippen molar-refractivity contribution in [2.75, 3.05) is 5.32 Å². The van der Waals surface area contributed by atoms with Crippen molar-refractivity contribution >= 4 is 24.2 Å². The second-order valence-corrected chi connectivity index (χ2v) is 4.83. The zero-order chi connectivity index (χ0) is 15.6. The lowest BCUT2D eigenvalue weighted by Crippen LogP contribution is -2.30. The van der Waals surface area contributed by atoms with E-state index in [9.17, 15) is 9.18 Å². The average Bonchev–Trinajstić information content (AvgIpc) is 2.42. The Bertz CT molecular complexity index is 668. The maximum absolute atomic E-state index is 13.9. The Morgan fingerprint density at radius 2 is 1.76 bits per heavy atom. The van der Waals surface area contributed by atoms with E-state index in [1.165, 1.54) is 12.1 Å². The molecule has 4 nitrogen and oxygen atoms in total. The van der Waals surface area contributed by atoms with Crippen molar-refractivity contribution in [1.29, 1.82) is 0 Å². The maximum atomic E-state index is 13.9. The first-order chi connectivity index (χ1) is 9.90. The Labute approximate surface area is 122 Å². The van der Waals surface area contributed by atoms with Gasteiger partial charge < -0.3 is 15.4 Å². The summed E-state index contributed by atoms with van der Waals surface area (Å²) in [5.41, 5.74) is 2.25. The molecule has 0 saturated heterocycles. The van der Waals surface area contributed by atoms with Crippen molar-refractivity contribution in [2.24, 2.45) is 0 Å². The second-order valence-electron chi connectivity index (χ2n) is 4.83. The number of aryl methyl sites for hydroxylation is 2. The van der Waals surface area contributed by atoms with Crippen LogP contribution in [0, 0.1) is 19.7 Å². The third kappa shape index (κ3) is 3.29. The normalized spacial score (nSPS) is 10.3. The predicted octanol–water partition coefficient (Wildman–Crippen LogP) is 1.37. The van der Waals surface area contributed by atoms with E-state index in [4.69, 9.17) is 10.0 Å². The van der Waals surface area contributed by atoms with E-state index in [-0.39, 0.29) is 11.0 Å². The average molecular weight is 287 g/mol. The van der Waals surface area contributed by atoms with Gasteiger partial charge in [0.2, 0.25) is 0 Å². The summed E-state index contributed by atoms with van der Waals surface area (Å²) in [5.74, 6) is -1.38. The van der Waals surface area contributed by atoms with Crippen molar-refractivity contribution in [3.63, 3.8) is 0 Å². The summed E-state index contributed by atoms with van der Waals surface area (Å²) >= 11 is 0. The van der Waals surface area contributed by atoms with E-state index < -0.39 is 18.8 Å². The van der Waals surface area contributed by atoms with Gasteiger partial charge in [0, 0.05) is 5.69 Å². The lowest BCUT2D eigenvalue weighted by molar-refractivity contribution is 0.102. The molecule has 1 amide bonds. The number of carbonyl (C=O) groups is 1. The fraction of sp³-hybridized carbons (Fsp3) is 0.133. The van der Waals surface area contributed by atoms with Crippen LogP contribution in [0.3, 0.4) is 0 Å². The predicted molar refractivity (Wildman–Crippen MR) is 80.1 cm³/mol. The molecule has 0 aliphatic carbocycles. The Kier molecular flexibility index (Phi) is 4.40. The Morgan fingerprint density at radius 3 is 2.29 bits per heavy atom. The fourth-order valence-electron chi connectivity index (χ4n) is 2.07. The zero-order valence-corrected chi connectivity index (χ0v) is 11.7. The zero-order valence-electron chi connectivity index (χ0n) is 11.7. The van der Waals surface area contributed by atoms with Gasteiger partial charge in [-0.3, -0.25) is 4.79 Å². The minimum atomic E-state index is -1.77. The van der Waals surface area contributed by atoms with Crippen LogP contribution in [-0.4, -0.2) is 23.1 Å². The molecule has 108 valence electrons. The van der Waals surface area contributed by atoms with Gasteiger partial charge in [0.15, 0.2) is 0 Å². The third-order valence-corrected chi connectivity index (χ3v) is 3.26. The fourth-order valence-corrected chi connectivity index (χ4v) is 2.07. The van der Waals surface area contributed by atoms with Gasteiger partial charge in [0.05, 0.1) is 5.56 Å². The number of hydrogen-bond acceptors (Lipinski definition) is 3. The molecule has 0 spiro atoms. The highest BCUT2D eigenvalue weighted by atomic mass is 19.1. The number of para-hydroxylation sites is 1. The number of carbonyl (C=O) groups excluding carboxylic acids is 1. The summed E-state index contributed by atoms with van der Waals surface area (Å²) in [6.45, 7) is 3.70. The number of nitrogens with one attached hydrogen (secondary N) is 1. The van der Waals surface area contributed by atoms with Gasteiger partial charge in [-0.05, 0) is 42.6 Å². The Balaban J connectivity index is 2.29. The molecular weight excluding hydrogens is 272 g/mol. The molecule has 0 aliphatic heterocycles. The van der Waals surface area contributed by atoms with E-state index in [1.807, 2.05) is 32.0 Å². The van der Waals surface area contributed by atoms with Crippen molar-refractivity contribution in [3.8, 4) is 0 Å². The van der Waals surface area contributed by atoms with Gasteiger partial charge in [0.25, 0.3) is 5.91 Å². The van der Waals surface area contributed by atoms with Crippen molar-refractivity contribution in [2.45, 2.75) is 13.8 Å². The molecule has 0 saturated carbocycles. The molecule has 21 heavy (non-hydrogen) atoms. The number of benzene rings is 2. The topological polar surface area (TPSA) is 69.6 Å². The number of amides is 1. The molecule has 0 aromatic heterocycles. The molecule has 0 bridgehead atoms. The lowest BCUT2D eigenvalue weighted by Gasteiger charge is -2.12. The Morgan fingerprint density at radius 1 is 1.14 bits per heavy atom. The van der Waals surface area contributed by atoms with Crippen LogP contribution in [0.15, 0.2) is 36.4 Å². The molecule has 0 unspecified atom stereocenters. The van der Waals surface area contributed by atoms with Crippen molar-refractivity contribution in [1.82, 2.24) is 0 Å². The largest absolute Gasteiger partial charge is 0.488 e. The highest BCUT2D eigenvalue weighted by Crippen LogP contribution is 2.20. The van der Waals surface area contributed by atoms with E-state index in [0.717, 1.165) is 17.2 Å². The highest BCUT2D eigenvalue weighted by Gasteiger charge is 2.18. The van der Waals surface area contributed by atoms with Crippen LogP contribution in [0.2, 0.25) is 0 Å². The van der Waals surface area contributed by atoms with Crippen LogP contribution in [0.4, 0.5) is 10.1 Å². The van der Waals surface area contributed by atoms with Gasteiger partial charge in [-0.15, -0.1) is 0 Å². The monoisotopic (exact) mass is 287 g/mol. The lowest BCUT2D eigenvalue weighted by atomic mass is 9.80. The molecule has 3 N–H and O–H groups in total. The van der Waals surface area contributed by atoms with Crippen LogP contribution < -0.4 is 10.8 Å². The number of rotatable bonds is 3. The van der Waals surface area contributed by atoms with Crippen molar-refractivity contribution in [3.05, 3.63) is 58.9 Å². The SMILES string of the molecule is Cc1cccc(C)c1NC(=O)c1ccc(B(O)O)cc1F. The minimum Gasteiger partial charge on any atom is -0.423 e. The molecule has 2 rings (SSSR count). The number of anilines is 1. The molecule has 0 aliphatic rings. The molecule has 0 fully saturated rings. The molecular formula is C15H15BFNO3. The summed E-state index contributed by atoms with van der Waals surface area (Å²) in [7, 11) is -1.77. The molecule has 2 aromatic carbocycles. The van der Waals surface area contributed by atoms with Crippen LogP contribution in [0.25, 0.3) is 0 Å².